The molecule has 3 nitrogen and oxygen atoms in total. The lowest BCUT2D eigenvalue weighted by Gasteiger charge is -2.14. The van der Waals surface area contributed by atoms with Crippen molar-refractivity contribution in [1.82, 2.24) is 5.32 Å². The molecule has 1 rings (SSSR count). The average molecular weight is 294 g/mol. The molecule has 0 fully saturated rings. The van der Waals surface area contributed by atoms with Gasteiger partial charge >= 0.3 is 6.61 Å². The van der Waals surface area contributed by atoms with Crippen molar-refractivity contribution in [3.05, 3.63) is 28.8 Å². The first-order valence-corrected chi connectivity index (χ1v) is 6.33. The number of methoxy groups -OCH3 is 1. The molecule has 0 radical (unpaired) electrons. The van der Waals surface area contributed by atoms with Gasteiger partial charge in [0.1, 0.15) is 5.75 Å². The maximum absolute atomic E-state index is 12.3. The molecule has 108 valence electrons. The highest BCUT2D eigenvalue weighted by Gasteiger charge is 2.10. The third kappa shape index (κ3) is 6.18. The molecule has 0 saturated carbocycles. The third-order valence-electron chi connectivity index (χ3n) is 2.50. The summed E-state index contributed by atoms with van der Waals surface area (Å²) in [6.45, 7) is 0.964. The van der Waals surface area contributed by atoms with Crippen LogP contribution in [0.25, 0.3) is 0 Å². The standard InChI is InChI=1S/C13H18ClF2NO2/c1-9(8-18-2)6-17-7-10-5-11(14)3-4-12(10)19-13(15)16/h3-5,9,13,17H,6-8H2,1-2H3. The molecule has 1 atom stereocenters. The minimum atomic E-state index is -2.84. The fourth-order valence-corrected chi connectivity index (χ4v) is 1.89. The van der Waals surface area contributed by atoms with Gasteiger partial charge < -0.3 is 14.8 Å². The number of ether oxygens (including phenoxy) is 2. The van der Waals surface area contributed by atoms with E-state index in [1.807, 2.05) is 6.92 Å². The summed E-state index contributed by atoms with van der Waals surface area (Å²) in [6, 6.07) is 4.59. The van der Waals surface area contributed by atoms with Crippen molar-refractivity contribution in [1.29, 1.82) is 0 Å². The topological polar surface area (TPSA) is 30.5 Å². The number of hydrogen-bond acceptors (Lipinski definition) is 3. The summed E-state index contributed by atoms with van der Waals surface area (Å²) >= 11 is 5.85. The summed E-state index contributed by atoms with van der Waals surface area (Å²) in [6.07, 6.45) is 0. The van der Waals surface area contributed by atoms with Crippen LogP contribution in [0.4, 0.5) is 8.78 Å². The van der Waals surface area contributed by atoms with Crippen LogP contribution in [0.2, 0.25) is 5.02 Å². The van der Waals surface area contributed by atoms with E-state index < -0.39 is 6.61 Å². The minimum Gasteiger partial charge on any atom is -0.434 e. The Morgan fingerprint density at radius 2 is 2.11 bits per heavy atom. The molecule has 1 aromatic carbocycles. The normalized spacial score (nSPS) is 12.7. The SMILES string of the molecule is COCC(C)CNCc1cc(Cl)ccc1OC(F)F. The Bertz CT molecular complexity index is 391. The Hall–Kier alpha value is -0.910. The van der Waals surface area contributed by atoms with Crippen molar-refractivity contribution >= 4 is 11.6 Å². The van der Waals surface area contributed by atoms with E-state index in [1.165, 1.54) is 12.1 Å². The summed E-state index contributed by atoms with van der Waals surface area (Å²) in [4.78, 5) is 0. The van der Waals surface area contributed by atoms with Crippen LogP contribution >= 0.6 is 11.6 Å². The Kier molecular flexibility index (Phi) is 7.05. The van der Waals surface area contributed by atoms with Crippen LogP contribution in [0.5, 0.6) is 5.75 Å². The number of benzene rings is 1. The fraction of sp³-hybridized carbons (Fsp3) is 0.538. The number of halogens is 3. The van der Waals surface area contributed by atoms with Crippen molar-refractivity contribution in [2.45, 2.75) is 20.1 Å². The van der Waals surface area contributed by atoms with Crippen LogP contribution in [-0.4, -0.2) is 26.9 Å². The molecule has 6 heteroatoms. The molecular weight excluding hydrogens is 276 g/mol. The Labute approximate surface area is 116 Å². The molecule has 0 aromatic heterocycles. The molecule has 0 aliphatic rings. The van der Waals surface area contributed by atoms with Gasteiger partial charge in [0.15, 0.2) is 0 Å². The molecule has 0 amide bonds. The summed E-state index contributed by atoms with van der Waals surface area (Å²) in [5.74, 6) is 0.481. The molecule has 0 bridgehead atoms. The van der Waals surface area contributed by atoms with Crippen molar-refractivity contribution in [3.8, 4) is 5.75 Å². The van der Waals surface area contributed by atoms with Gasteiger partial charge in [-0.15, -0.1) is 0 Å². The predicted molar refractivity (Wildman–Crippen MR) is 70.8 cm³/mol. The van der Waals surface area contributed by atoms with Crippen LogP contribution < -0.4 is 10.1 Å². The highest BCUT2D eigenvalue weighted by atomic mass is 35.5. The summed E-state index contributed by atoms with van der Waals surface area (Å²) < 4.78 is 34.0. The number of rotatable bonds is 8. The van der Waals surface area contributed by atoms with Crippen LogP contribution in [0, 0.1) is 5.92 Å². The number of nitrogens with one attached hydrogen (secondary N) is 1. The fourth-order valence-electron chi connectivity index (χ4n) is 1.69. The first kappa shape index (κ1) is 16.1. The molecule has 1 N–H and O–H groups in total. The largest absolute Gasteiger partial charge is 0.434 e. The van der Waals surface area contributed by atoms with E-state index >= 15 is 0 Å². The lowest BCUT2D eigenvalue weighted by Crippen LogP contribution is -2.23. The minimum absolute atomic E-state index is 0.145. The Morgan fingerprint density at radius 3 is 2.74 bits per heavy atom. The van der Waals surface area contributed by atoms with Crippen molar-refractivity contribution < 1.29 is 18.3 Å². The summed E-state index contributed by atoms with van der Waals surface area (Å²) in [7, 11) is 1.64. The van der Waals surface area contributed by atoms with E-state index in [0.717, 1.165) is 0 Å². The van der Waals surface area contributed by atoms with Gasteiger partial charge in [-0.05, 0) is 24.1 Å². The van der Waals surface area contributed by atoms with E-state index in [-0.39, 0.29) is 5.75 Å². The summed E-state index contributed by atoms with van der Waals surface area (Å²) in [5.41, 5.74) is 0.609. The zero-order valence-corrected chi connectivity index (χ0v) is 11.7. The number of alkyl halides is 2. The van der Waals surface area contributed by atoms with Gasteiger partial charge in [-0.1, -0.05) is 18.5 Å². The van der Waals surface area contributed by atoms with Gasteiger partial charge in [0.25, 0.3) is 0 Å². The van der Waals surface area contributed by atoms with Gasteiger partial charge in [0, 0.05) is 37.4 Å². The molecule has 0 spiro atoms. The van der Waals surface area contributed by atoms with Gasteiger partial charge in [-0.2, -0.15) is 8.78 Å². The van der Waals surface area contributed by atoms with Crippen LogP contribution in [-0.2, 0) is 11.3 Å². The lowest BCUT2D eigenvalue weighted by atomic mass is 10.1. The van der Waals surface area contributed by atoms with Gasteiger partial charge in [-0.3, -0.25) is 0 Å². The average Bonchev–Trinajstić information content (AvgIpc) is 2.32. The van der Waals surface area contributed by atoms with Crippen molar-refractivity contribution in [2.24, 2.45) is 5.92 Å². The zero-order valence-electron chi connectivity index (χ0n) is 11.0. The number of hydrogen-bond donors (Lipinski definition) is 1. The predicted octanol–water partition coefficient (Wildman–Crippen LogP) is 3.31. The molecule has 0 heterocycles. The smallest absolute Gasteiger partial charge is 0.387 e. The van der Waals surface area contributed by atoms with Crippen molar-refractivity contribution in [2.75, 3.05) is 20.3 Å². The van der Waals surface area contributed by atoms with Gasteiger partial charge in [0.2, 0.25) is 0 Å². The second kappa shape index (κ2) is 8.30. The highest BCUT2D eigenvalue weighted by molar-refractivity contribution is 6.30. The third-order valence-corrected chi connectivity index (χ3v) is 2.73. The maximum atomic E-state index is 12.3. The second-order valence-corrected chi connectivity index (χ2v) is 4.76. The van der Waals surface area contributed by atoms with Crippen molar-refractivity contribution in [3.63, 3.8) is 0 Å². The maximum Gasteiger partial charge on any atom is 0.387 e. The van der Waals surface area contributed by atoms with Crippen LogP contribution in [0.15, 0.2) is 18.2 Å². The molecule has 0 aliphatic heterocycles. The molecule has 0 saturated heterocycles. The molecule has 0 aliphatic carbocycles. The van der Waals surface area contributed by atoms with E-state index in [1.54, 1.807) is 13.2 Å². The van der Waals surface area contributed by atoms with Gasteiger partial charge in [-0.25, -0.2) is 0 Å². The molecule has 19 heavy (non-hydrogen) atoms. The highest BCUT2D eigenvalue weighted by Crippen LogP contribution is 2.24. The van der Waals surface area contributed by atoms with Crippen LogP contribution in [0.3, 0.4) is 0 Å². The van der Waals surface area contributed by atoms with Crippen LogP contribution in [0.1, 0.15) is 12.5 Å². The van der Waals surface area contributed by atoms with E-state index in [4.69, 9.17) is 16.3 Å². The Morgan fingerprint density at radius 1 is 1.37 bits per heavy atom. The van der Waals surface area contributed by atoms with E-state index in [2.05, 4.69) is 10.1 Å². The molecule has 1 unspecified atom stereocenters. The quantitative estimate of drug-likeness (QED) is 0.797. The van der Waals surface area contributed by atoms with E-state index in [0.29, 0.717) is 36.2 Å². The monoisotopic (exact) mass is 293 g/mol. The second-order valence-electron chi connectivity index (χ2n) is 4.32. The first-order chi connectivity index (χ1) is 9.02. The van der Waals surface area contributed by atoms with E-state index in [9.17, 15) is 8.78 Å². The first-order valence-electron chi connectivity index (χ1n) is 5.95. The summed E-state index contributed by atoms with van der Waals surface area (Å²) in [5, 5.41) is 3.65. The molecular formula is C13H18ClF2NO2. The lowest BCUT2D eigenvalue weighted by molar-refractivity contribution is -0.0505. The van der Waals surface area contributed by atoms with Gasteiger partial charge in [0.05, 0.1) is 0 Å². The molecule has 1 aromatic rings. The Balaban J connectivity index is 2.57. The zero-order chi connectivity index (χ0) is 14.3.